The molecule has 2 aromatic rings. The van der Waals surface area contributed by atoms with Gasteiger partial charge in [0.05, 0.1) is 0 Å². The van der Waals surface area contributed by atoms with Gasteiger partial charge in [-0.2, -0.15) is 0 Å². The first-order valence-electron chi connectivity index (χ1n) is 5.30. The monoisotopic (exact) mass is 264 g/mol. The van der Waals surface area contributed by atoms with E-state index in [9.17, 15) is 0 Å². The zero-order valence-corrected chi connectivity index (χ0v) is 9.97. The summed E-state index contributed by atoms with van der Waals surface area (Å²) in [6.45, 7) is 0.595. The van der Waals surface area contributed by atoms with E-state index < -0.39 is 0 Å². The Bertz CT molecular complexity index is 512. The zero-order chi connectivity index (χ0) is 10.4. The molecule has 1 heterocycles. The smallest absolute Gasteiger partial charge is 0.0471 e. The van der Waals surface area contributed by atoms with Gasteiger partial charge < -0.3 is 10.7 Å². The number of aromatic nitrogens is 1. The minimum atomic E-state index is 0.595. The van der Waals surface area contributed by atoms with E-state index >= 15 is 0 Å². The highest BCUT2D eigenvalue weighted by molar-refractivity contribution is 9.10. The molecule has 78 valence electrons. The Labute approximate surface area is 97.0 Å². The number of fused-ring (bicyclic) bond motifs is 1. The van der Waals surface area contributed by atoms with Crippen LogP contribution in [0.5, 0.6) is 0 Å². The molecule has 1 aliphatic carbocycles. The van der Waals surface area contributed by atoms with Crippen LogP contribution in [-0.2, 0) is 6.54 Å². The molecule has 0 radical (unpaired) electrons. The van der Waals surface area contributed by atoms with Gasteiger partial charge in [-0.25, -0.2) is 0 Å². The van der Waals surface area contributed by atoms with Crippen LogP contribution in [0, 0.1) is 0 Å². The molecule has 1 aromatic heterocycles. The summed E-state index contributed by atoms with van der Waals surface area (Å²) in [7, 11) is 0. The van der Waals surface area contributed by atoms with E-state index in [1.165, 1.54) is 39.5 Å². The number of nitrogens with one attached hydrogen (secondary N) is 1. The average molecular weight is 265 g/mol. The van der Waals surface area contributed by atoms with Crippen molar-refractivity contribution in [1.82, 2.24) is 4.98 Å². The van der Waals surface area contributed by atoms with Crippen LogP contribution in [0.1, 0.15) is 30.0 Å². The molecule has 3 N–H and O–H groups in total. The summed E-state index contributed by atoms with van der Waals surface area (Å²) in [5.74, 6) is 0.734. The van der Waals surface area contributed by atoms with Gasteiger partial charge >= 0.3 is 0 Å². The van der Waals surface area contributed by atoms with Gasteiger partial charge in [0.2, 0.25) is 0 Å². The highest BCUT2D eigenvalue weighted by atomic mass is 79.9. The van der Waals surface area contributed by atoms with Gasteiger partial charge in [-0.15, -0.1) is 0 Å². The molecule has 1 saturated carbocycles. The Morgan fingerprint density at radius 1 is 1.40 bits per heavy atom. The third kappa shape index (κ3) is 1.42. The molecule has 0 amide bonds. The number of hydrogen-bond donors (Lipinski definition) is 2. The van der Waals surface area contributed by atoms with Crippen molar-refractivity contribution in [3.8, 4) is 0 Å². The second kappa shape index (κ2) is 3.35. The van der Waals surface area contributed by atoms with Crippen LogP contribution < -0.4 is 5.73 Å². The van der Waals surface area contributed by atoms with Crippen LogP contribution in [0.15, 0.2) is 22.7 Å². The van der Waals surface area contributed by atoms with Crippen molar-refractivity contribution in [2.45, 2.75) is 25.3 Å². The molecule has 1 aromatic carbocycles. The molecule has 0 spiro atoms. The minimum absolute atomic E-state index is 0.595. The lowest BCUT2D eigenvalue weighted by atomic mass is 10.1. The van der Waals surface area contributed by atoms with Crippen molar-refractivity contribution in [2.75, 3.05) is 0 Å². The quantitative estimate of drug-likeness (QED) is 0.859. The van der Waals surface area contributed by atoms with Crippen LogP contribution in [0.2, 0.25) is 0 Å². The number of rotatable bonds is 2. The van der Waals surface area contributed by atoms with E-state index in [4.69, 9.17) is 5.73 Å². The Balaban J connectivity index is 2.29. The number of hydrogen-bond acceptors (Lipinski definition) is 1. The van der Waals surface area contributed by atoms with E-state index in [2.05, 4.69) is 39.1 Å². The maximum Gasteiger partial charge on any atom is 0.0471 e. The number of nitrogens with two attached hydrogens (primary N) is 1. The third-order valence-corrected chi connectivity index (χ3v) is 3.91. The molecule has 15 heavy (non-hydrogen) atoms. The minimum Gasteiger partial charge on any atom is -0.357 e. The van der Waals surface area contributed by atoms with Crippen LogP contribution >= 0.6 is 15.9 Å². The standard InChI is InChI=1S/C12H13BrN2/c13-11-10-8(6-14)2-1-3-9(10)15-12(11)7-4-5-7/h1-3,7,15H,4-6,14H2. The Morgan fingerprint density at radius 2 is 2.20 bits per heavy atom. The number of halogens is 1. The number of aromatic amines is 1. The lowest BCUT2D eigenvalue weighted by Crippen LogP contribution is -1.96. The predicted octanol–water partition coefficient (Wildman–Crippen LogP) is 3.27. The summed E-state index contributed by atoms with van der Waals surface area (Å²) in [5, 5.41) is 1.27. The Hall–Kier alpha value is -0.800. The SMILES string of the molecule is NCc1cccc2[nH]c(C3CC3)c(Br)c12. The lowest BCUT2D eigenvalue weighted by Gasteiger charge is -1.99. The van der Waals surface area contributed by atoms with Gasteiger partial charge in [0.25, 0.3) is 0 Å². The largest absolute Gasteiger partial charge is 0.357 e. The van der Waals surface area contributed by atoms with Crippen LogP contribution in [0.25, 0.3) is 10.9 Å². The van der Waals surface area contributed by atoms with Gasteiger partial charge in [-0.1, -0.05) is 12.1 Å². The van der Waals surface area contributed by atoms with E-state index in [1.807, 2.05) is 0 Å². The lowest BCUT2D eigenvalue weighted by molar-refractivity contribution is 1.05. The summed E-state index contributed by atoms with van der Waals surface area (Å²) in [6.07, 6.45) is 2.62. The molecular weight excluding hydrogens is 252 g/mol. The Morgan fingerprint density at radius 3 is 2.87 bits per heavy atom. The molecule has 3 rings (SSSR count). The number of H-pyrrole nitrogens is 1. The van der Waals surface area contributed by atoms with Gasteiger partial charge in [-0.05, 0) is 40.4 Å². The fourth-order valence-corrected chi connectivity index (χ4v) is 3.01. The van der Waals surface area contributed by atoms with E-state index in [1.54, 1.807) is 0 Å². The summed E-state index contributed by atoms with van der Waals surface area (Å²) in [4.78, 5) is 3.50. The van der Waals surface area contributed by atoms with Crippen LogP contribution in [0.3, 0.4) is 0 Å². The molecule has 0 unspecified atom stereocenters. The van der Waals surface area contributed by atoms with Crippen molar-refractivity contribution in [1.29, 1.82) is 0 Å². The molecule has 0 bridgehead atoms. The highest BCUT2D eigenvalue weighted by Crippen LogP contribution is 2.45. The molecule has 2 nitrogen and oxygen atoms in total. The normalized spacial score (nSPS) is 16.1. The van der Waals surface area contributed by atoms with Crippen molar-refractivity contribution in [3.63, 3.8) is 0 Å². The van der Waals surface area contributed by atoms with Gasteiger partial charge in [0.1, 0.15) is 0 Å². The first-order valence-corrected chi connectivity index (χ1v) is 6.09. The molecule has 1 aliphatic rings. The highest BCUT2D eigenvalue weighted by Gasteiger charge is 2.28. The number of benzene rings is 1. The van der Waals surface area contributed by atoms with Crippen molar-refractivity contribution in [2.24, 2.45) is 5.73 Å². The third-order valence-electron chi connectivity index (χ3n) is 3.08. The van der Waals surface area contributed by atoms with Crippen molar-refractivity contribution >= 4 is 26.8 Å². The molecular formula is C12H13BrN2. The molecule has 0 saturated heterocycles. The molecule has 3 heteroatoms. The topological polar surface area (TPSA) is 41.8 Å². The fourth-order valence-electron chi connectivity index (χ4n) is 2.12. The van der Waals surface area contributed by atoms with Crippen LogP contribution in [-0.4, -0.2) is 4.98 Å². The first kappa shape index (κ1) is 9.43. The van der Waals surface area contributed by atoms with Gasteiger partial charge in [-0.3, -0.25) is 0 Å². The summed E-state index contributed by atoms with van der Waals surface area (Å²) in [6, 6.07) is 6.27. The van der Waals surface area contributed by atoms with E-state index in [0.717, 1.165) is 5.92 Å². The van der Waals surface area contributed by atoms with E-state index in [0.29, 0.717) is 6.54 Å². The molecule has 1 fully saturated rings. The van der Waals surface area contributed by atoms with Gasteiger partial charge in [0, 0.05) is 33.5 Å². The first-order chi connectivity index (χ1) is 7.31. The fraction of sp³-hybridized carbons (Fsp3) is 0.333. The second-order valence-electron chi connectivity index (χ2n) is 4.17. The summed E-state index contributed by atoms with van der Waals surface area (Å²) >= 11 is 3.70. The summed E-state index contributed by atoms with van der Waals surface area (Å²) < 4.78 is 1.22. The van der Waals surface area contributed by atoms with Gasteiger partial charge in [0.15, 0.2) is 0 Å². The second-order valence-corrected chi connectivity index (χ2v) is 4.96. The zero-order valence-electron chi connectivity index (χ0n) is 8.39. The van der Waals surface area contributed by atoms with Crippen molar-refractivity contribution in [3.05, 3.63) is 33.9 Å². The van der Waals surface area contributed by atoms with E-state index in [-0.39, 0.29) is 0 Å². The van der Waals surface area contributed by atoms with Crippen molar-refractivity contribution < 1.29 is 0 Å². The predicted molar refractivity (Wildman–Crippen MR) is 65.9 cm³/mol. The Kier molecular flexibility index (Phi) is 2.11. The maximum absolute atomic E-state index is 5.75. The molecule has 0 atom stereocenters. The summed E-state index contributed by atoms with van der Waals surface area (Å²) in [5.41, 5.74) is 9.52. The average Bonchev–Trinajstić information content (AvgIpc) is 3.04. The maximum atomic E-state index is 5.75. The van der Waals surface area contributed by atoms with Crippen LogP contribution in [0.4, 0.5) is 0 Å². The molecule has 0 aliphatic heterocycles.